The first-order valence-corrected chi connectivity index (χ1v) is 6.44. The van der Waals surface area contributed by atoms with E-state index in [0.717, 1.165) is 12.6 Å². The van der Waals surface area contributed by atoms with E-state index in [4.69, 9.17) is 4.98 Å². The van der Waals surface area contributed by atoms with Crippen LogP contribution in [0.5, 0.6) is 0 Å². The van der Waals surface area contributed by atoms with Crippen LogP contribution < -0.4 is 5.32 Å². The zero-order valence-electron chi connectivity index (χ0n) is 8.38. The van der Waals surface area contributed by atoms with Gasteiger partial charge in [-0.2, -0.15) is 0 Å². The van der Waals surface area contributed by atoms with Gasteiger partial charge < -0.3 is 5.32 Å². The molecule has 1 aromatic heterocycles. The molecular weight excluding hydrogens is 192 g/mol. The van der Waals surface area contributed by atoms with Crippen molar-refractivity contribution in [2.45, 2.75) is 51.1 Å². The summed E-state index contributed by atoms with van der Waals surface area (Å²) < 4.78 is 0. The number of nitrogens with zero attached hydrogens (tertiary/aromatic N) is 1. The summed E-state index contributed by atoms with van der Waals surface area (Å²) in [6.45, 7) is 1.00. The SMILES string of the molecule is C1CCc2sc(CNC3CC3)nc2C1. The number of fused-ring (bicyclic) bond motifs is 1. The van der Waals surface area contributed by atoms with Crippen molar-refractivity contribution in [1.82, 2.24) is 10.3 Å². The highest BCUT2D eigenvalue weighted by atomic mass is 32.1. The van der Waals surface area contributed by atoms with Gasteiger partial charge in [-0.25, -0.2) is 4.98 Å². The molecule has 2 aliphatic carbocycles. The van der Waals surface area contributed by atoms with Crippen LogP contribution in [0.25, 0.3) is 0 Å². The Kier molecular flexibility index (Phi) is 2.30. The second kappa shape index (κ2) is 3.63. The Bertz CT molecular complexity index is 305. The van der Waals surface area contributed by atoms with Crippen LogP contribution in [0.4, 0.5) is 0 Å². The average molecular weight is 208 g/mol. The van der Waals surface area contributed by atoms with Crippen molar-refractivity contribution in [3.8, 4) is 0 Å². The molecule has 0 aromatic carbocycles. The highest BCUT2D eigenvalue weighted by molar-refractivity contribution is 7.11. The summed E-state index contributed by atoms with van der Waals surface area (Å²) in [6.07, 6.45) is 7.93. The predicted molar refractivity (Wildman–Crippen MR) is 58.6 cm³/mol. The lowest BCUT2D eigenvalue weighted by Crippen LogP contribution is -2.15. The molecule has 0 atom stereocenters. The Morgan fingerprint density at radius 2 is 2.14 bits per heavy atom. The molecule has 1 aromatic rings. The molecule has 3 rings (SSSR count). The van der Waals surface area contributed by atoms with E-state index < -0.39 is 0 Å². The number of thiazole rings is 1. The molecule has 0 spiro atoms. The van der Waals surface area contributed by atoms with E-state index in [-0.39, 0.29) is 0 Å². The number of nitrogens with one attached hydrogen (secondary N) is 1. The summed E-state index contributed by atoms with van der Waals surface area (Å²) in [4.78, 5) is 6.27. The van der Waals surface area contributed by atoms with Gasteiger partial charge in [0.1, 0.15) is 5.01 Å². The summed E-state index contributed by atoms with van der Waals surface area (Å²) in [5.74, 6) is 0. The van der Waals surface area contributed by atoms with E-state index in [0.29, 0.717) is 0 Å². The molecule has 14 heavy (non-hydrogen) atoms. The molecule has 1 fully saturated rings. The molecule has 1 N–H and O–H groups in total. The van der Waals surface area contributed by atoms with Crippen LogP contribution in [-0.2, 0) is 19.4 Å². The molecule has 0 radical (unpaired) electrons. The van der Waals surface area contributed by atoms with Crippen LogP contribution in [0.15, 0.2) is 0 Å². The largest absolute Gasteiger partial charge is 0.308 e. The van der Waals surface area contributed by atoms with Crippen LogP contribution in [-0.4, -0.2) is 11.0 Å². The number of aromatic nitrogens is 1. The lowest BCUT2D eigenvalue weighted by atomic mass is 10.0. The third-order valence-corrected chi connectivity index (χ3v) is 4.17. The molecule has 0 amide bonds. The Morgan fingerprint density at radius 1 is 1.29 bits per heavy atom. The Balaban J connectivity index is 1.68. The molecule has 0 aliphatic heterocycles. The molecule has 0 saturated heterocycles. The predicted octanol–water partition coefficient (Wildman–Crippen LogP) is 2.27. The summed E-state index contributed by atoms with van der Waals surface area (Å²) in [5, 5.41) is 4.84. The second-order valence-corrected chi connectivity index (χ2v) is 5.51. The Morgan fingerprint density at radius 3 is 2.93 bits per heavy atom. The third-order valence-electron chi connectivity index (χ3n) is 3.01. The maximum atomic E-state index is 4.71. The number of aryl methyl sites for hydroxylation is 2. The van der Waals surface area contributed by atoms with Crippen molar-refractivity contribution in [1.29, 1.82) is 0 Å². The minimum Gasteiger partial charge on any atom is -0.308 e. The summed E-state index contributed by atoms with van der Waals surface area (Å²) in [6, 6.07) is 0.802. The Labute approximate surface area is 88.7 Å². The molecule has 76 valence electrons. The summed E-state index contributed by atoms with van der Waals surface area (Å²) >= 11 is 1.93. The van der Waals surface area contributed by atoms with Crippen LogP contribution >= 0.6 is 11.3 Å². The smallest absolute Gasteiger partial charge is 0.107 e. The first-order valence-electron chi connectivity index (χ1n) is 5.62. The van der Waals surface area contributed by atoms with Gasteiger partial charge in [-0.05, 0) is 38.5 Å². The standard InChI is InChI=1S/C11H16N2S/c1-2-4-10-9(3-1)13-11(14-10)7-12-8-5-6-8/h8,12H,1-7H2. The van der Waals surface area contributed by atoms with Crippen LogP contribution in [0.3, 0.4) is 0 Å². The summed E-state index contributed by atoms with van der Waals surface area (Å²) in [7, 11) is 0. The fourth-order valence-electron chi connectivity index (χ4n) is 2.00. The normalized spacial score (nSPS) is 20.9. The maximum absolute atomic E-state index is 4.71. The second-order valence-electron chi connectivity index (χ2n) is 4.34. The van der Waals surface area contributed by atoms with Gasteiger partial charge in [-0.1, -0.05) is 0 Å². The van der Waals surface area contributed by atoms with E-state index in [9.17, 15) is 0 Å². The lowest BCUT2D eigenvalue weighted by molar-refractivity contribution is 0.665. The van der Waals surface area contributed by atoms with Gasteiger partial charge in [0.25, 0.3) is 0 Å². The van der Waals surface area contributed by atoms with Crippen molar-refractivity contribution in [3.05, 3.63) is 15.6 Å². The molecular formula is C11H16N2S. The maximum Gasteiger partial charge on any atom is 0.107 e. The monoisotopic (exact) mass is 208 g/mol. The van der Waals surface area contributed by atoms with E-state index >= 15 is 0 Å². The van der Waals surface area contributed by atoms with Gasteiger partial charge in [-0.15, -0.1) is 11.3 Å². The molecule has 0 unspecified atom stereocenters. The van der Waals surface area contributed by atoms with E-state index in [2.05, 4.69) is 5.32 Å². The van der Waals surface area contributed by atoms with Gasteiger partial charge in [0.05, 0.1) is 5.69 Å². The van der Waals surface area contributed by atoms with Gasteiger partial charge in [0, 0.05) is 17.5 Å². The van der Waals surface area contributed by atoms with E-state index in [1.54, 1.807) is 4.88 Å². The molecule has 3 heteroatoms. The fourth-order valence-corrected chi connectivity index (χ4v) is 3.11. The number of rotatable bonds is 3. The zero-order valence-corrected chi connectivity index (χ0v) is 9.20. The lowest BCUT2D eigenvalue weighted by Gasteiger charge is -2.06. The number of hydrogen-bond acceptors (Lipinski definition) is 3. The first-order chi connectivity index (χ1) is 6.92. The number of hydrogen-bond donors (Lipinski definition) is 1. The van der Waals surface area contributed by atoms with E-state index in [1.165, 1.54) is 49.2 Å². The molecule has 1 saturated carbocycles. The van der Waals surface area contributed by atoms with Crippen LogP contribution in [0, 0.1) is 0 Å². The summed E-state index contributed by atoms with van der Waals surface area (Å²) in [5.41, 5.74) is 1.40. The molecule has 2 nitrogen and oxygen atoms in total. The van der Waals surface area contributed by atoms with Crippen molar-refractivity contribution >= 4 is 11.3 Å². The highest BCUT2D eigenvalue weighted by Gasteiger charge is 2.21. The highest BCUT2D eigenvalue weighted by Crippen LogP contribution is 2.27. The quantitative estimate of drug-likeness (QED) is 0.824. The Hall–Kier alpha value is -0.410. The van der Waals surface area contributed by atoms with E-state index in [1.807, 2.05) is 11.3 Å². The van der Waals surface area contributed by atoms with Gasteiger partial charge in [-0.3, -0.25) is 0 Å². The van der Waals surface area contributed by atoms with Crippen molar-refractivity contribution in [2.24, 2.45) is 0 Å². The minimum atomic E-state index is 0.802. The van der Waals surface area contributed by atoms with Crippen molar-refractivity contribution in [3.63, 3.8) is 0 Å². The van der Waals surface area contributed by atoms with Gasteiger partial charge in [0.15, 0.2) is 0 Å². The molecule has 2 aliphatic rings. The average Bonchev–Trinajstić information content (AvgIpc) is 2.94. The van der Waals surface area contributed by atoms with Crippen molar-refractivity contribution in [2.75, 3.05) is 0 Å². The first kappa shape index (κ1) is 8.86. The molecule has 0 bridgehead atoms. The topological polar surface area (TPSA) is 24.9 Å². The van der Waals surface area contributed by atoms with Crippen molar-refractivity contribution < 1.29 is 0 Å². The van der Waals surface area contributed by atoms with Crippen LogP contribution in [0.2, 0.25) is 0 Å². The van der Waals surface area contributed by atoms with Gasteiger partial charge >= 0.3 is 0 Å². The fraction of sp³-hybridized carbons (Fsp3) is 0.727. The van der Waals surface area contributed by atoms with Crippen LogP contribution in [0.1, 0.15) is 41.3 Å². The zero-order chi connectivity index (χ0) is 9.38. The minimum absolute atomic E-state index is 0.802. The third kappa shape index (κ3) is 1.84. The van der Waals surface area contributed by atoms with Gasteiger partial charge in [0.2, 0.25) is 0 Å². The molecule has 1 heterocycles.